The van der Waals surface area contributed by atoms with E-state index in [9.17, 15) is 8.42 Å². The molecule has 0 amide bonds. The van der Waals surface area contributed by atoms with Gasteiger partial charge in [0.05, 0.1) is 35.2 Å². The Labute approximate surface area is 208 Å². The Morgan fingerprint density at radius 2 is 1.82 bits per heavy atom. The molecule has 176 valence electrons. The van der Waals surface area contributed by atoms with Crippen LogP contribution in [0.15, 0.2) is 46.7 Å². The fourth-order valence-corrected chi connectivity index (χ4v) is 7.03. The van der Waals surface area contributed by atoms with Crippen LogP contribution >= 0.6 is 34.5 Å². The lowest BCUT2D eigenvalue weighted by Crippen LogP contribution is -2.39. The van der Waals surface area contributed by atoms with Crippen LogP contribution in [0.2, 0.25) is 10.0 Å². The Morgan fingerprint density at radius 1 is 1.06 bits per heavy atom. The molecule has 2 aromatic carbocycles. The molecular weight excluding hydrogens is 503 g/mol. The minimum Gasteiger partial charge on any atom is -0.497 e. The van der Waals surface area contributed by atoms with Crippen molar-refractivity contribution in [3.8, 4) is 11.5 Å². The van der Waals surface area contributed by atoms with Crippen LogP contribution in [0, 0.1) is 0 Å². The highest BCUT2D eigenvalue weighted by Crippen LogP contribution is 2.35. The molecule has 0 N–H and O–H groups in total. The number of hydrogen-bond donors (Lipinski definition) is 0. The number of piperidine rings is 1. The molecule has 0 unspecified atom stereocenters. The van der Waals surface area contributed by atoms with Crippen molar-refractivity contribution < 1.29 is 17.9 Å². The summed E-state index contributed by atoms with van der Waals surface area (Å²) < 4.78 is 37.2. The molecule has 1 fully saturated rings. The molecule has 4 rings (SSSR count). The fourth-order valence-electron chi connectivity index (χ4n) is 3.92. The Balaban J connectivity index is 1.43. The summed E-state index contributed by atoms with van der Waals surface area (Å²) in [6.45, 7) is 1.24. The van der Waals surface area contributed by atoms with Crippen LogP contribution < -0.4 is 14.4 Å². The topological polar surface area (TPSA) is 68.7 Å². The summed E-state index contributed by atoms with van der Waals surface area (Å²) in [5.41, 5.74) is 1.99. The van der Waals surface area contributed by atoms with Gasteiger partial charge in [-0.05, 0) is 42.7 Å². The van der Waals surface area contributed by atoms with Crippen LogP contribution in [-0.2, 0) is 16.3 Å². The normalized spacial score (nSPS) is 15.0. The second-order valence-corrected chi connectivity index (χ2v) is 11.6. The molecule has 1 saturated heterocycles. The summed E-state index contributed by atoms with van der Waals surface area (Å²) in [6.07, 6.45) is 1.70. The van der Waals surface area contributed by atoms with Gasteiger partial charge in [0.2, 0.25) is 0 Å². The van der Waals surface area contributed by atoms with E-state index >= 15 is 0 Å². The van der Waals surface area contributed by atoms with Crippen LogP contribution in [0.3, 0.4) is 0 Å². The van der Waals surface area contributed by atoms with Gasteiger partial charge in [0, 0.05) is 31.0 Å². The molecule has 0 saturated carbocycles. The average molecular weight is 527 g/mol. The van der Waals surface area contributed by atoms with E-state index < -0.39 is 15.1 Å². The first-order valence-electron chi connectivity index (χ1n) is 10.4. The van der Waals surface area contributed by atoms with E-state index in [0.29, 0.717) is 53.9 Å². The molecule has 0 aliphatic carbocycles. The van der Waals surface area contributed by atoms with Crippen molar-refractivity contribution in [3.05, 3.63) is 63.1 Å². The molecule has 33 heavy (non-hydrogen) atoms. The fraction of sp³-hybridized carbons (Fsp3) is 0.348. The summed E-state index contributed by atoms with van der Waals surface area (Å²) in [4.78, 5) is 7.09. The lowest BCUT2D eigenvalue weighted by atomic mass is 10.1. The third-order valence-electron chi connectivity index (χ3n) is 5.74. The maximum atomic E-state index is 13.3. The minimum atomic E-state index is -3.56. The second kappa shape index (κ2) is 10.1. The molecule has 3 aromatic rings. The lowest BCUT2D eigenvalue weighted by Gasteiger charge is -2.31. The van der Waals surface area contributed by atoms with Crippen molar-refractivity contribution >= 4 is 49.5 Å². The number of thiazole rings is 1. The van der Waals surface area contributed by atoms with Crippen LogP contribution in [0.5, 0.6) is 11.5 Å². The zero-order chi connectivity index (χ0) is 23.6. The first kappa shape index (κ1) is 24.1. The van der Waals surface area contributed by atoms with E-state index in [1.807, 2.05) is 17.5 Å². The number of nitrogens with zero attached hydrogens (tertiary/aromatic N) is 2. The smallest absolute Gasteiger partial charge is 0.185 e. The highest BCUT2D eigenvalue weighted by molar-refractivity contribution is 7.92. The molecule has 0 atom stereocenters. The number of methoxy groups -OCH3 is 2. The Kier molecular flexibility index (Phi) is 7.38. The summed E-state index contributed by atoms with van der Waals surface area (Å²) in [5, 5.41) is 3.51. The number of sulfone groups is 1. The number of hydrogen-bond acceptors (Lipinski definition) is 7. The number of aromatic nitrogens is 1. The first-order chi connectivity index (χ1) is 15.8. The van der Waals surface area contributed by atoms with Crippen molar-refractivity contribution in [1.82, 2.24) is 4.98 Å². The van der Waals surface area contributed by atoms with E-state index in [0.717, 1.165) is 16.4 Å². The predicted molar refractivity (Wildman–Crippen MR) is 133 cm³/mol. The minimum absolute atomic E-state index is 0.181. The van der Waals surface area contributed by atoms with Gasteiger partial charge < -0.3 is 14.4 Å². The molecule has 1 aliphatic rings. The maximum Gasteiger partial charge on any atom is 0.185 e. The third-order valence-corrected chi connectivity index (χ3v) is 9.71. The summed E-state index contributed by atoms with van der Waals surface area (Å²) >= 11 is 13.7. The van der Waals surface area contributed by atoms with Gasteiger partial charge in [0.15, 0.2) is 15.0 Å². The molecule has 6 nitrogen and oxygen atoms in total. The molecule has 0 bridgehead atoms. The third kappa shape index (κ3) is 5.24. The van der Waals surface area contributed by atoms with E-state index in [1.165, 1.54) is 20.3 Å². The monoisotopic (exact) mass is 526 g/mol. The maximum absolute atomic E-state index is 13.3. The SMILES string of the molecule is COc1ccc(OC)c(S(=O)(=O)C2CCN(c3nc(Cc4ccc(Cl)c(Cl)c4)cs3)CC2)c1. The highest BCUT2D eigenvalue weighted by atomic mass is 35.5. The predicted octanol–water partition coefficient (Wildman–Crippen LogP) is 5.50. The van der Waals surface area contributed by atoms with Crippen molar-refractivity contribution in [2.24, 2.45) is 0 Å². The summed E-state index contributed by atoms with van der Waals surface area (Å²) in [5.74, 6) is 0.828. The Hall–Kier alpha value is -2.00. The number of rotatable bonds is 7. The van der Waals surface area contributed by atoms with Crippen molar-refractivity contribution in [3.63, 3.8) is 0 Å². The summed E-state index contributed by atoms with van der Waals surface area (Å²) in [7, 11) is -0.570. The van der Waals surface area contributed by atoms with Crippen LogP contribution in [0.1, 0.15) is 24.1 Å². The van der Waals surface area contributed by atoms with Crippen molar-refractivity contribution in [2.75, 3.05) is 32.2 Å². The van der Waals surface area contributed by atoms with Gasteiger partial charge in [-0.3, -0.25) is 0 Å². The molecule has 2 heterocycles. The van der Waals surface area contributed by atoms with E-state index in [2.05, 4.69) is 4.90 Å². The molecule has 10 heteroatoms. The second-order valence-electron chi connectivity index (χ2n) is 7.79. The van der Waals surface area contributed by atoms with Gasteiger partial charge in [-0.1, -0.05) is 29.3 Å². The number of anilines is 1. The van der Waals surface area contributed by atoms with Gasteiger partial charge in [-0.2, -0.15) is 0 Å². The van der Waals surface area contributed by atoms with Gasteiger partial charge >= 0.3 is 0 Å². The highest BCUT2D eigenvalue weighted by Gasteiger charge is 2.34. The number of ether oxygens (including phenoxy) is 2. The van der Waals surface area contributed by atoms with E-state index in [-0.39, 0.29) is 4.90 Å². The van der Waals surface area contributed by atoms with Gasteiger partial charge in [0.1, 0.15) is 16.4 Å². The average Bonchev–Trinajstić information content (AvgIpc) is 3.29. The zero-order valence-electron chi connectivity index (χ0n) is 18.3. The first-order valence-corrected chi connectivity index (χ1v) is 13.6. The van der Waals surface area contributed by atoms with Crippen LogP contribution in [-0.4, -0.2) is 46.0 Å². The Morgan fingerprint density at radius 3 is 2.48 bits per heavy atom. The Bertz CT molecular complexity index is 1240. The molecular formula is C23H24Cl2N2O4S2. The zero-order valence-corrected chi connectivity index (χ0v) is 21.4. The number of benzene rings is 2. The number of halogens is 2. The molecule has 0 radical (unpaired) electrons. The van der Waals surface area contributed by atoms with Gasteiger partial charge in [-0.25, -0.2) is 13.4 Å². The molecule has 1 aromatic heterocycles. The standard InChI is InChI=1S/C23H24Cl2N2O4S2/c1-30-17-4-6-21(31-2)22(13-17)33(28,29)18-7-9-27(10-8-18)23-26-16(14-32-23)11-15-3-5-19(24)20(25)12-15/h3-6,12-14,18H,7-11H2,1-2H3. The lowest BCUT2D eigenvalue weighted by molar-refractivity contribution is 0.391. The summed E-state index contributed by atoms with van der Waals surface area (Å²) in [6, 6.07) is 10.4. The van der Waals surface area contributed by atoms with E-state index in [1.54, 1.807) is 29.5 Å². The molecule has 0 spiro atoms. The van der Waals surface area contributed by atoms with E-state index in [4.69, 9.17) is 37.7 Å². The van der Waals surface area contributed by atoms with Crippen LogP contribution in [0.4, 0.5) is 5.13 Å². The van der Waals surface area contributed by atoms with Gasteiger partial charge in [0.25, 0.3) is 0 Å². The van der Waals surface area contributed by atoms with Crippen LogP contribution in [0.25, 0.3) is 0 Å². The van der Waals surface area contributed by atoms with Gasteiger partial charge in [-0.15, -0.1) is 11.3 Å². The van der Waals surface area contributed by atoms with Crippen molar-refractivity contribution in [1.29, 1.82) is 0 Å². The largest absolute Gasteiger partial charge is 0.497 e. The quantitative estimate of drug-likeness (QED) is 0.404. The molecule has 1 aliphatic heterocycles. The van der Waals surface area contributed by atoms with Crippen molar-refractivity contribution in [2.45, 2.75) is 29.4 Å².